The number of benzene rings is 1. The second-order valence-corrected chi connectivity index (χ2v) is 9.04. The monoisotopic (exact) mass is 539 g/mol. The van der Waals surface area contributed by atoms with Crippen LogP contribution in [-0.4, -0.2) is 103 Å². The summed E-state index contributed by atoms with van der Waals surface area (Å²) in [5.74, 6) is 0.838. The molecule has 1 saturated heterocycles. The third kappa shape index (κ3) is 7.60. The molecule has 0 aliphatic carbocycles. The van der Waals surface area contributed by atoms with E-state index >= 15 is 0 Å². The number of imidazole rings is 1. The molecular weight excluding hydrogens is 510 g/mol. The van der Waals surface area contributed by atoms with Crippen molar-refractivity contribution in [3.05, 3.63) is 36.7 Å². The number of aliphatic hydroxyl groups excluding tert-OH is 3. The lowest BCUT2D eigenvalue weighted by molar-refractivity contribution is -0.0792. The van der Waals surface area contributed by atoms with Gasteiger partial charge in [-0.15, -0.1) is 0 Å². The molecule has 0 amide bonds. The van der Waals surface area contributed by atoms with Gasteiger partial charge in [-0.3, -0.25) is 13.7 Å². The van der Waals surface area contributed by atoms with Crippen LogP contribution < -0.4 is 16.4 Å². The first kappa shape index (κ1) is 28.8. The van der Waals surface area contributed by atoms with E-state index in [1.165, 1.54) is 6.33 Å². The van der Waals surface area contributed by atoms with Gasteiger partial charge < -0.3 is 44.8 Å². The summed E-state index contributed by atoms with van der Waals surface area (Å²) in [5, 5.41) is 37.6. The first-order valence-electron chi connectivity index (χ1n) is 11.3. The molecule has 1 aliphatic heterocycles. The molecule has 1 fully saturated rings. The van der Waals surface area contributed by atoms with Crippen molar-refractivity contribution in [1.29, 1.82) is 0 Å². The van der Waals surface area contributed by atoms with E-state index in [1.54, 1.807) is 4.57 Å². The molecule has 2 aromatic heterocycles. The average Bonchev–Trinajstić information content (AvgIpc) is 3.35. The fourth-order valence-corrected chi connectivity index (χ4v) is 3.94. The summed E-state index contributed by atoms with van der Waals surface area (Å²) in [6, 6.07) is 9.50. The van der Waals surface area contributed by atoms with Gasteiger partial charge in [0, 0.05) is 16.0 Å². The third-order valence-corrected chi connectivity index (χ3v) is 5.62. The Kier molecular flexibility index (Phi) is 9.82. The highest BCUT2D eigenvalue weighted by Crippen LogP contribution is 2.30. The average molecular weight is 540 g/mol. The van der Waals surface area contributed by atoms with E-state index in [-0.39, 0.29) is 12.4 Å². The summed E-state index contributed by atoms with van der Waals surface area (Å²) < 4.78 is 41.8. The van der Waals surface area contributed by atoms with Crippen molar-refractivity contribution in [2.24, 2.45) is 0 Å². The number of rotatable bonds is 9. The molecule has 16 heteroatoms. The first-order chi connectivity index (χ1) is 17.5. The van der Waals surface area contributed by atoms with E-state index in [1.807, 2.05) is 37.4 Å². The number of nitrogen functional groups attached to an aromatic ring is 1. The first-order valence-corrected chi connectivity index (χ1v) is 12.6. The van der Waals surface area contributed by atoms with Crippen LogP contribution in [0.1, 0.15) is 6.42 Å². The Morgan fingerprint density at radius 2 is 1.84 bits per heavy atom. The lowest BCUT2D eigenvalue weighted by Crippen LogP contribution is -2.47. The second kappa shape index (κ2) is 12.6. The van der Waals surface area contributed by atoms with Crippen LogP contribution >= 0.6 is 0 Å². The zero-order chi connectivity index (χ0) is 27.2. The number of aliphatic hydroxyl groups is 3. The Hall–Kier alpha value is -2.80. The van der Waals surface area contributed by atoms with Crippen LogP contribution in [-0.2, 0) is 21.7 Å². The molecule has 5 atom stereocenters. The number of fused-ring (bicyclic) bond motifs is 1. The second-order valence-electron chi connectivity index (χ2n) is 8.23. The van der Waals surface area contributed by atoms with Crippen LogP contribution in [0.3, 0.4) is 0 Å². The quantitative estimate of drug-likeness (QED) is 0.0728. The van der Waals surface area contributed by atoms with Gasteiger partial charge in [0.05, 0.1) is 6.54 Å². The molecule has 0 spiro atoms. The van der Waals surface area contributed by atoms with Crippen molar-refractivity contribution in [3.8, 4) is 11.4 Å². The molecule has 1 unspecified atom stereocenters. The summed E-state index contributed by atoms with van der Waals surface area (Å²) in [4.78, 5) is 13.0. The highest BCUT2D eigenvalue weighted by Gasteiger charge is 2.46. The molecule has 204 valence electrons. The Bertz CT molecular complexity index is 1250. The van der Waals surface area contributed by atoms with E-state index in [2.05, 4.69) is 25.6 Å². The normalized spacial score (nSPS) is 22.5. The number of hydrogen-bond acceptors (Lipinski definition) is 14. The SMILES string of the molecule is CNCCCNC(O)[C@H]1O[C@@H](Cn2c(-c3ccccc3)nc3c(N)ncnc32)[C@H](O)[C@@H]1O.O=S(=O)([O-])[O-]. The van der Waals surface area contributed by atoms with Gasteiger partial charge in [0.15, 0.2) is 17.0 Å². The molecule has 15 nitrogen and oxygen atoms in total. The molecular formula is C21H29N7O8S-2. The van der Waals surface area contributed by atoms with Gasteiger partial charge in [-0.05, 0) is 26.6 Å². The Morgan fingerprint density at radius 3 is 2.49 bits per heavy atom. The Morgan fingerprint density at radius 1 is 1.16 bits per heavy atom. The van der Waals surface area contributed by atoms with Crippen LogP contribution in [0.4, 0.5) is 5.82 Å². The smallest absolute Gasteiger partial charge is 0.166 e. The number of nitrogens with one attached hydrogen (secondary N) is 2. The Labute approximate surface area is 212 Å². The highest BCUT2D eigenvalue weighted by atomic mass is 32.3. The van der Waals surface area contributed by atoms with Crippen LogP contribution in [0.5, 0.6) is 0 Å². The fourth-order valence-electron chi connectivity index (χ4n) is 3.94. The molecule has 1 aliphatic rings. The summed E-state index contributed by atoms with van der Waals surface area (Å²) in [7, 11) is -3.32. The number of nitrogens with zero attached hydrogens (tertiary/aromatic N) is 4. The summed E-state index contributed by atoms with van der Waals surface area (Å²) in [6.45, 7) is 1.48. The van der Waals surface area contributed by atoms with E-state index in [9.17, 15) is 15.3 Å². The van der Waals surface area contributed by atoms with Crippen molar-refractivity contribution in [2.75, 3.05) is 25.9 Å². The number of ether oxygens (including phenoxy) is 1. The van der Waals surface area contributed by atoms with Gasteiger partial charge in [-0.2, -0.15) is 0 Å². The van der Waals surface area contributed by atoms with Crippen molar-refractivity contribution in [1.82, 2.24) is 30.2 Å². The molecule has 3 aromatic rings. The summed E-state index contributed by atoms with van der Waals surface area (Å²) in [5.41, 5.74) is 7.79. The molecule has 0 bridgehead atoms. The molecule has 4 rings (SSSR count). The van der Waals surface area contributed by atoms with Gasteiger partial charge in [0.25, 0.3) is 0 Å². The van der Waals surface area contributed by atoms with Gasteiger partial charge in [0.1, 0.15) is 42.8 Å². The van der Waals surface area contributed by atoms with Crippen molar-refractivity contribution >= 4 is 27.4 Å². The number of aromatic nitrogens is 4. The Balaban J connectivity index is 0.000000695. The van der Waals surface area contributed by atoms with Crippen LogP contribution in [0.2, 0.25) is 0 Å². The molecule has 0 radical (unpaired) electrons. The van der Waals surface area contributed by atoms with Crippen molar-refractivity contribution in [2.45, 2.75) is 43.6 Å². The fraction of sp³-hybridized carbons (Fsp3) is 0.476. The maximum absolute atomic E-state index is 10.7. The maximum atomic E-state index is 10.7. The predicted octanol–water partition coefficient (Wildman–Crippen LogP) is -2.26. The lowest BCUT2D eigenvalue weighted by Gasteiger charge is -2.22. The number of anilines is 1. The predicted molar refractivity (Wildman–Crippen MR) is 129 cm³/mol. The van der Waals surface area contributed by atoms with Crippen molar-refractivity contribution < 1.29 is 37.6 Å². The van der Waals surface area contributed by atoms with E-state index < -0.39 is 41.0 Å². The van der Waals surface area contributed by atoms with Crippen molar-refractivity contribution in [3.63, 3.8) is 0 Å². The van der Waals surface area contributed by atoms with E-state index in [0.29, 0.717) is 23.5 Å². The largest absolute Gasteiger partial charge is 0.759 e. The van der Waals surface area contributed by atoms with Crippen LogP contribution in [0, 0.1) is 0 Å². The molecule has 37 heavy (non-hydrogen) atoms. The minimum Gasteiger partial charge on any atom is -0.759 e. The number of hydrogen-bond donors (Lipinski definition) is 6. The minimum atomic E-state index is -5.17. The summed E-state index contributed by atoms with van der Waals surface area (Å²) >= 11 is 0. The lowest BCUT2D eigenvalue weighted by atomic mass is 10.1. The van der Waals surface area contributed by atoms with Gasteiger partial charge in [-0.1, -0.05) is 30.3 Å². The minimum absolute atomic E-state index is 0.151. The zero-order valence-electron chi connectivity index (χ0n) is 19.8. The molecule has 3 heterocycles. The standard InChI is InChI=1S/C21H29N7O4.H2O4S/c1-23-8-5-9-24-21(31)17-16(30)15(29)13(32-17)10-28-19(12-6-3-2-4-7-12)27-14-18(22)25-11-26-20(14)28;1-5(2,3)4/h2-4,6-7,11,13,15-17,21,23-24,29-31H,5,8-10H2,1H3,(H2,22,25,26);(H2,1,2,3,4)/p-2/t13-,15-,16-,17-,21?;/m0./s1. The van der Waals surface area contributed by atoms with Gasteiger partial charge in [-0.25, -0.2) is 15.0 Å². The maximum Gasteiger partial charge on any atom is 0.166 e. The number of nitrogens with two attached hydrogens (primary N) is 1. The van der Waals surface area contributed by atoms with Crippen LogP contribution in [0.25, 0.3) is 22.6 Å². The topological polar surface area (TPSA) is 244 Å². The van der Waals surface area contributed by atoms with Crippen LogP contribution in [0.15, 0.2) is 36.7 Å². The highest BCUT2D eigenvalue weighted by molar-refractivity contribution is 7.79. The van der Waals surface area contributed by atoms with E-state index in [4.69, 9.17) is 28.0 Å². The van der Waals surface area contributed by atoms with E-state index in [0.717, 1.165) is 18.5 Å². The summed E-state index contributed by atoms with van der Waals surface area (Å²) in [6.07, 6.45) is -3.18. The third-order valence-electron chi connectivity index (χ3n) is 5.62. The van der Waals surface area contributed by atoms with Gasteiger partial charge >= 0.3 is 0 Å². The van der Waals surface area contributed by atoms with Gasteiger partial charge in [0.2, 0.25) is 0 Å². The molecule has 7 N–H and O–H groups in total. The zero-order valence-corrected chi connectivity index (χ0v) is 20.7. The molecule has 0 saturated carbocycles. The molecule has 1 aromatic carbocycles.